The maximum Gasteiger partial charge on any atom is 0.262 e. The highest BCUT2D eigenvalue weighted by atomic mass is 19.1. The molecule has 10 heteroatoms. The lowest BCUT2D eigenvalue weighted by atomic mass is 9.85. The van der Waals surface area contributed by atoms with Crippen molar-refractivity contribution in [2.24, 2.45) is 28.8 Å². The molecule has 0 radical (unpaired) electrons. The van der Waals surface area contributed by atoms with E-state index in [4.69, 9.17) is 14.2 Å². The molecular weight excluding hydrogens is 469 g/mol. The standard InChI is InChI=1S/C26H24FN3O6/c1-34-19-9-14(12-28-30-25(32)22-15-3-4-16(11-15)23(22)26(30)33)10-20(35-2)24(19)36-13-21(31)29-18-7-5-17(27)6-8-18/h3-10,12,15-16,22-23H,11,13H2,1-2H3,(H,29,31). The lowest BCUT2D eigenvalue weighted by Crippen LogP contribution is -2.28. The second kappa shape index (κ2) is 9.44. The van der Waals surface area contributed by atoms with Crippen LogP contribution < -0.4 is 19.5 Å². The molecule has 1 aliphatic heterocycles. The second-order valence-electron chi connectivity index (χ2n) is 8.83. The topological polar surface area (TPSA) is 107 Å². The van der Waals surface area contributed by atoms with Gasteiger partial charge in [-0.25, -0.2) is 4.39 Å². The SMILES string of the molecule is COc1cc(C=NN2C(=O)C3C4C=CC(C4)C3C2=O)cc(OC)c1OCC(=O)Nc1ccc(F)cc1. The van der Waals surface area contributed by atoms with Crippen LogP contribution in [0.2, 0.25) is 0 Å². The van der Waals surface area contributed by atoms with Gasteiger partial charge in [0.1, 0.15) is 5.82 Å². The highest BCUT2D eigenvalue weighted by Crippen LogP contribution is 2.52. The molecule has 0 spiro atoms. The van der Waals surface area contributed by atoms with Crippen LogP contribution in [0.4, 0.5) is 10.1 Å². The molecule has 0 aromatic heterocycles. The lowest BCUT2D eigenvalue weighted by Gasteiger charge is -2.15. The second-order valence-corrected chi connectivity index (χ2v) is 8.83. The van der Waals surface area contributed by atoms with Crippen molar-refractivity contribution in [1.82, 2.24) is 5.01 Å². The van der Waals surface area contributed by atoms with E-state index in [1.807, 2.05) is 12.2 Å². The average molecular weight is 493 g/mol. The van der Waals surface area contributed by atoms with E-state index >= 15 is 0 Å². The molecule has 1 saturated carbocycles. The highest BCUT2D eigenvalue weighted by molar-refractivity contribution is 6.06. The van der Waals surface area contributed by atoms with Crippen LogP contribution in [0.1, 0.15) is 12.0 Å². The molecular formula is C26H24FN3O6. The number of hydrazone groups is 1. The molecule has 5 rings (SSSR count). The molecule has 1 N–H and O–H groups in total. The van der Waals surface area contributed by atoms with Gasteiger partial charge in [0.25, 0.3) is 17.7 Å². The fourth-order valence-corrected chi connectivity index (χ4v) is 5.11. The summed E-state index contributed by atoms with van der Waals surface area (Å²) in [4.78, 5) is 37.9. The number of hydrogen-bond donors (Lipinski definition) is 1. The number of nitrogens with zero attached hydrogens (tertiary/aromatic N) is 2. The third-order valence-electron chi connectivity index (χ3n) is 6.73. The van der Waals surface area contributed by atoms with Gasteiger partial charge in [-0.05, 0) is 54.7 Å². The Morgan fingerprint density at radius 3 is 2.19 bits per heavy atom. The fraction of sp³-hybridized carbons (Fsp3) is 0.308. The van der Waals surface area contributed by atoms with Crippen molar-refractivity contribution < 1.29 is 33.0 Å². The number of allylic oxidation sites excluding steroid dienone is 2. The smallest absolute Gasteiger partial charge is 0.262 e. The summed E-state index contributed by atoms with van der Waals surface area (Å²) in [6.45, 7) is -0.354. The number of ether oxygens (including phenoxy) is 3. The first-order valence-electron chi connectivity index (χ1n) is 11.4. The zero-order valence-corrected chi connectivity index (χ0v) is 19.6. The number of hydrogen-bond acceptors (Lipinski definition) is 7. The molecule has 2 aliphatic carbocycles. The van der Waals surface area contributed by atoms with Crippen LogP contribution in [0.15, 0.2) is 53.7 Å². The first-order valence-corrected chi connectivity index (χ1v) is 11.4. The average Bonchev–Trinajstić information content (AvgIpc) is 3.56. The van der Waals surface area contributed by atoms with E-state index in [9.17, 15) is 18.8 Å². The molecule has 186 valence electrons. The van der Waals surface area contributed by atoms with Gasteiger partial charge in [0, 0.05) is 11.3 Å². The van der Waals surface area contributed by atoms with Gasteiger partial charge in [0.2, 0.25) is 5.75 Å². The van der Waals surface area contributed by atoms with Gasteiger partial charge >= 0.3 is 0 Å². The van der Waals surface area contributed by atoms with Gasteiger partial charge < -0.3 is 19.5 Å². The summed E-state index contributed by atoms with van der Waals surface area (Å²) in [6.07, 6.45) is 6.29. The number of anilines is 1. The maximum atomic E-state index is 13.0. The minimum Gasteiger partial charge on any atom is -0.493 e. The normalized spacial score (nSPS) is 23.9. The van der Waals surface area contributed by atoms with Crippen molar-refractivity contribution in [2.45, 2.75) is 6.42 Å². The highest BCUT2D eigenvalue weighted by Gasteiger charge is 2.59. The van der Waals surface area contributed by atoms with E-state index < -0.39 is 11.7 Å². The Bertz CT molecular complexity index is 1220. The Kier molecular flexibility index (Phi) is 6.17. The summed E-state index contributed by atoms with van der Waals surface area (Å²) < 4.78 is 29.5. The van der Waals surface area contributed by atoms with Crippen LogP contribution in [0.5, 0.6) is 17.2 Å². The third kappa shape index (κ3) is 4.19. The zero-order valence-electron chi connectivity index (χ0n) is 19.6. The van der Waals surface area contributed by atoms with Crippen molar-refractivity contribution in [1.29, 1.82) is 0 Å². The monoisotopic (exact) mass is 493 g/mol. The maximum absolute atomic E-state index is 13.0. The molecule has 1 saturated heterocycles. The van der Waals surface area contributed by atoms with Crippen LogP contribution in [-0.2, 0) is 14.4 Å². The molecule has 3 amide bonds. The third-order valence-corrected chi connectivity index (χ3v) is 6.73. The van der Waals surface area contributed by atoms with E-state index in [1.54, 1.807) is 12.1 Å². The summed E-state index contributed by atoms with van der Waals surface area (Å²) in [7, 11) is 2.86. The van der Waals surface area contributed by atoms with Gasteiger partial charge in [-0.2, -0.15) is 10.1 Å². The predicted octanol–water partition coefficient (Wildman–Crippen LogP) is 3.00. The number of rotatable bonds is 8. The van der Waals surface area contributed by atoms with Crippen molar-refractivity contribution in [2.75, 3.05) is 26.1 Å². The molecule has 2 bridgehead atoms. The van der Waals surface area contributed by atoms with Crippen LogP contribution in [-0.4, -0.2) is 49.8 Å². The summed E-state index contributed by atoms with van der Waals surface area (Å²) in [5, 5.41) is 7.75. The van der Waals surface area contributed by atoms with E-state index in [0.717, 1.165) is 11.4 Å². The first kappa shape index (κ1) is 23.5. The summed E-state index contributed by atoms with van der Waals surface area (Å²) in [5.74, 6) is -1.14. The molecule has 4 unspecified atom stereocenters. The molecule has 9 nitrogen and oxygen atoms in total. The van der Waals surface area contributed by atoms with Crippen molar-refractivity contribution in [3.8, 4) is 17.2 Å². The van der Waals surface area contributed by atoms with Gasteiger partial charge in [0.05, 0.1) is 32.3 Å². The Balaban J connectivity index is 1.29. The molecule has 36 heavy (non-hydrogen) atoms. The number of halogens is 1. The molecule has 1 heterocycles. The largest absolute Gasteiger partial charge is 0.493 e. The number of nitrogens with one attached hydrogen (secondary N) is 1. The number of amides is 3. The quantitative estimate of drug-likeness (QED) is 0.344. The van der Waals surface area contributed by atoms with Crippen molar-refractivity contribution >= 4 is 29.6 Å². The van der Waals surface area contributed by atoms with Crippen molar-refractivity contribution in [3.05, 3.63) is 59.9 Å². The Morgan fingerprint density at radius 2 is 1.64 bits per heavy atom. The van der Waals surface area contributed by atoms with Gasteiger partial charge in [-0.1, -0.05) is 12.2 Å². The van der Waals surface area contributed by atoms with Crippen LogP contribution in [0.25, 0.3) is 0 Å². The minimum absolute atomic E-state index is 0.105. The van der Waals surface area contributed by atoms with E-state index in [-0.39, 0.29) is 59.3 Å². The molecule has 2 aromatic rings. The van der Waals surface area contributed by atoms with Crippen LogP contribution in [0.3, 0.4) is 0 Å². The molecule has 2 fully saturated rings. The van der Waals surface area contributed by atoms with Crippen LogP contribution >= 0.6 is 0 Å². The predicted molar refractivity (Wildman–Crippen MR) is 127 cm³/mol. The summed E-state index contributed by atoms with van der Waals surface area (Å²) in [6, 6.07) is 8.53. The Hall–Kier alpha value is -4.21. The fourth-order valence-electron chi connectivity index (χ4n) is 5.11. The Morgan fingerprint density at radius 1 is 1.06 bits per heavy atom. The summed E-state index contributed by atoms with van der Waals surface area (Å²) in [5.41, 5.74) is 0.931. The summed E-state index contributed by atoms with van der Waals surface area (Å²) >= 11 is 0. The van der Waals surface area contributed by atoms with E-state index in [0.29, 0.717) is 11.3 Å². The Labute approximate surface area is 206 Å². The molecule has 3 aliphatic rings. The van der Waals surface area contributed by atoms with Gasteiger partial charge in [0.15, 0.2) is 18.1 Å². The molecule has 2 aromatic carbocycles. The minimum atomic E-state index is -0.462. The zero-order chi connectivity index (χ0) is 25.4. The van der Waals surface area contributed by atoms with E-state index in [1.165, 1.54) is 44.7 Å². The number of fused-ring (bicyclic) bond motifs is 5. The lowest BCUT2D eigenvalue weighted by molar-refractivity contribution is -0.140. The van der Waals surface area contributed by atoms with Crippen LogP contribution in [0, 0.1) is 29.5 Å². The number of imide groups is 1. The molecule has 4 atom stereocenters. The van der Waals surface area contributed by atoms with Gasteiger partial charge in [-0.3, -0.25) is 14.4 Å². The first-order chi connectivity index (χ1) is 17.4. The number of methoxy groups -OCH3 is 2. The number of carbonyl (C=O) groups is 3. The number of carbonyl (C=O) groups excluding carboxylic acids is 3. The van der Waals surface area contributed by atoms with Crippen molar-refractivity contribution in [3.63, 3.8) is 0 Å². The van der Waals surface area contributed by atoms with E-state index in [2.05, 4.69) is 10.4 Å². The number of benzene rings is 2. The van der Waals surface area contributed by atoms with Gasteiger partial charge in [-0.15, -0.1) is 0 Å².